The Kier molecular flexibility index (Phi) is 10.9. The first kappa shape index (κ1) is 33.8. The summed E-state index contributed by atoms with van der Waals surface area (Å²) in [6, 6.07) is 7.02. The highest BCUT2D eigenvalue weighted by atomic mass is 19.4. The van der Waals surface area contributed by atoms with Crippen LogP contribution in [-0.2, 0) is 21.5 Å². The minimum atomic E-state index is -5.08. The van der Waals surface area contributed by atoms with Gasteiger partial charge in [-0.2, -0.15) is 13.2 Å². The molecule has 230 valence electrons. The van der Waals surface area contributed by atoms with E-state index in [1.807, 2.05) is 32.9 Å². The number of ketones is 1. The largest absolute Gasteiger partial charge is 0.493 e. The Hall–Kier alpha value is -4.36. The number of benzene rings is 2. The summed E-state index contributed by atoms with van der Waals surface area (Å²) in [7, 11) is 2.76. The van der Waals surface area contributed by atoms with Crippen LogP contribution in [0.3, 0.4) is 0 Å². The third-order valence-electron chi connectivity index (χ3n) is 6.22. The minimum absolute atomic E-state index is 0.0644. The Labute approximate surface area is 239 Å². The molecule has 3 rings (SSSR count). The lowest BCUT2D eigenvalue weighted by molar-refractivity contribution is -0.192. The van der Waals surface area contributed by atoms with Crippen LogP contribution >= 0.6 is 0 Å². The zero-order valence-electron chi connectivity index (χ0n) is 23.7. The van der Waals surface area contributed by atoms with Gasteiger partial charge in [0, 0.05) is 30.8 Å². The van der Waals surface area contributed by atoms with Gasteiger partial charge in [0.1, 0.15) is 5.84 Å². The van der Waals surface area contributed by atoms with Gasteiger partial charge in [0.05, 0.1) is 26.3 Å². The van der Waals surface area contributed by atoms with Gasteiger partial charge in [-0.05, 0) is 47.2 Å². The number of carbonyl (C=O) groups excluding carboxylic acids is 1. The molecule has 0 saturated heterocycles. The van der Waals surface area contributed by atoms with Crippen LogP contribution in [-0.4, -0.2) is 72.2 Å². The van der Waals surface area contributed by atoms with Crippen LogP contribution in [0, 0.1) is 11.2 Å². The summed E-state index contributed by atoms with van der Waals surface area (Å²) in [5, 5.41) is 27.7. The lowest BCUT2D eigenvalue weighted by Crippen LogP contribution is -2.30. The van der Waals surface area contributed by atoms with Crippen molar-refractivity contribution in [2.75, 3.05) is 32.6 Å². The maximum atomic E-state index is 15.0. The number of alkyl halides is 3. The Morgan fingerprint density at radius 1 is 1.07 bits per heavy atom. The topological polar surface area (TPSA) is 149 Å². The summed E-state index contributed by atoms with van der Waals surface area (Å²) in [6.07, 6.45) is -4.51. The molecule has 42 heavy (non-hydrogen) atoms. The van der Waals surface area contributed by atoms with E-state index < -0.39 is 23.9 Å². The number of halogens is 4. The highest BCUT2D eigenvalue weighted by Gasteiger charge is 2.38. The number of fused-ring (bicyclic) bond motifs is 1. The lowest BCUT2D eigenvalue weighted by Gasteiger charge is -2.25. The van der Waals surface area contributed by atoms with E-state index in [9.17, 15) is 22.8 Å². The summed E-state index contributed by atoms with van der Waals surface area (Å²) in [5.41, 5.74) is 2.69. The number of rotatable bonds is 10. The maximum Gasteiger partial charge on any atom is 0.490 e. The molecule has 0 saturated carbocycles. The fourth-order valence-electron chi connectivity index (χ4n) is 4.18. The van der Waals surface area contributed by atoms with Crippen LogP contribution in [0.2, 0.25) is 0 Å². The van der Waals surface area contributed by atoms with Gasteiger partial charge in [-0.25, -0.2) is 9.18 Å². The molecule has 0 aromatic heterocycles. The van der Waals surface area contributed by atoms with E-state index in [1.54, 1.807) is 12.1 Å². The SMILES string of the molecule is COc1cc2c(c(F)c1OC)C(=N)N(CC(=O)c1ccc(NCCCC(=O)O)c(C(C)(C)C)c1)C2.O=C(O)C(F)(F)F. The molecule has 0 aliphatic carbocycles. The number of carbonyl (C=O) groups is 3. The molecule has 0 radical (unpaired) electrons. The molecule has 14 heteroatoms. The van der Waals surface area contributed by atoms with E-state index in [0.717, 1.165) is 11.3 Å². The number of methoxy groups -OCH3 is 2. The molecule has 4 N–H and O–H groups in total. The maximum absolute atomic E-state index is 15.0. The van der Waals surface area contributed by atoms with Crippen molar-refractivity contribution < 1.29 is 51.6 Å². The van der Waals surface area contributed by atoms with E-state index in [2.05, 4.69) is 5.32 Å². The minimum Gasteiger partial charge on any atom is -0.493 e. The zero-order chi connectivity index (χ0) is 32.0. The quantitative estimate of drug-likeness (QED) is 0.167. The number of hydrogen-bond donors (Lipinski definition) is 4. The lowest BCUT2D eigenvalue weighted by atomic mass is 9.84. The summed E-state index contributed by atoms with van der Waals surface area (Å²) >= 11 is 0. The number of nitrogens with one attached hydrogen (secondary N) is 2. The van der Waals surface area contributed by atoms with Crippen LogP contribution in [0.5, 0.6) is 11.5 Å². The van der Waals surface area contributed by atoms with Crippen LogP contribution < -0.4 is 14.8 Å². The van der Waals surface area contributed by atoms with Crippen molar-refractivity contribution in [3.05, 3.63) is 52.3 Å². The van der Waals surface area contributed by atoms with Crippen LogP contribution in [0.1, 0.15) is 60.7 Å². The first-order valence-electron chi connectivity index (χ1n) is 12.6. The van der Waals surface area contributed by atoms with Gasteiger partial charge in [-0.1, -0.05) is 20.8 Å². The van der Waals surface area contributed by atoms with Crippen molar-refractivity contribution in [2.45, 2.75) is 51.7 Å². The highest BCUT2D eigenvalue weighted by molar-refractivity contribution is 6.06. The van der Waals surface area contributed by atoms with E-state index in [4.69, 9.17) is 29.9 Å². The Morgan fingerprint density at radius 2 is 1.69 bits per heavy atom. The van der Waals surface area contributed by atoms with E-state index in [0.29, 0.717) is 24.1 Å². The van der Waals surface area contributed by atoms with Gasteiger partial charge in [0.2, 0.25) is 0 Å². The number of amidine groups is 1. The Bertz CT molecular complexity index is 1350. The zero-order valence-corrected chi connectivity index (χ0v) is 23.7. The number of hydrogen-bond acceptors (Lipinski definition) is 7. The molecule has 1 aliphatic heterocycles. The van der Waals surface area contributed by atoms with Gasteiger partial charge < -0.3 is 29.9 Å². The smallest absolute Gasteiger partial charge is 0.490 e. The second kappa shape index (κ2) is 13.5. The number of carboxylic acid groups (broad SMARTS) is 2. The van der Waals surface area contributed by atoms with Crippen molar-refractivity contribution in [2.24, 2.45) is 0 Å². The first-order chi connectivity index (χ1) is 19.4. The predicted molar refractivity (Wildman–Crippen MR) is 145 cm³/mol. The van der Waals surface area contributed by atoms with E-state index >= 15 is 4.39 Å². The number of aliphatic carboxylic acids is 2. The number of carboxylic acids is 2. The number of nitrogens with zero attached hydrogens (tertiary/aromatic N) is 1. The highest BCUT2D eigenvalue weighted by Crippen LogP contribution is 2.38. The van der Waals surface area contributed by atoms with Gasteiger partial charge in [-0.3, -0.25) is 15.0 Å². The molecule has 0 unspecified atom stereocenters. The molecule has 0 bridgehead atoms. The Morgan fingerprint density at radius 3 is 2.19 bits per heavy atom. The van der Waals surface area contributed by atoms with Crippen molar-refractivity contribution >= 4 is 29.2 Å². The van der Waals surface area contributed by atoms with Crippen molar-refractivity contribution in [3.63, 3.8) is 0 Å². The number of ether oxygens (including phenoxy) is 2. The summed E-state index contributed by atoms with van der Waals surface area (Å²) < 4.78 is 57.1. The van der Waals surface area contributed by atoms with Crippen molar-refractivity contribution in [3.8, 4) is 11.5 Å². The average Bonchev–Trinajstić information content (AvgIpc) is 3.20. The molecule has 2 aromatic carbocycles. The van der Waals surface area contributed by atoms with E-state index in [1.165, 1.54) is 19.1 Å². The molecular weight excluding hydrogens is 566 g/mol. The molecule has 0 spiro atoms. The van der Waals surface area contributed by atoms with E-state index in [-0.39, 0.29) is 53.6 Å². The molecule has 2 aromatic rings. The standard InChI is InChI=1S/C26H32FN3O5.C2HF3O2/c1-26(2,3)17-11-15(8-9-18(17)29-10-6-7-21(32)33)19(31)14-30-13-16-12-20(34-4)24(35-5)23(27)22(16)25(30)28;3-2(4,5)1(6)7/h8-9,11-12,28-29H,6-7,10,13-14H2,1-5H3,(H,32,33);(H,6,7). The molecule has 1 heterocycles. The van der Waals surface area contributed by atoms with Crippen LogP contribution in [0.4, 0.5) is 23.2 Å². The number of Topliss-reactive ketones (excluding diaryl/α,β-unsaturated/α-hetero) is 1. The van der Waals surface area contributed by atoms with Crippen LogP contribution in [0.15, 0.2) is 24.3 Å². The van der Waals surface area contributed by atoms with Gasteiger partial charge >= 0.3 is 18.1 Å². The third kappa shape index (κ3) is 8.33. The fourth-order valence-corrected chi connectivity index (χ4v) is 4.18. The summed E-state index contributed by atoms with van der Waals surface area (Å²) in [6.45, 7) is 6.75. The molecule has 1 aliphatic rings. The number of anilines is 1. The predicted octanol–water partition coefficient (Wildman–Crippen LogP) is 5.07. The molecular formula is C28H33F4N3O7. The summed E-state index contributed by atoms with van der Waals surface area (Å²) in [4.78, 5) is 34.4. The first-order valence-corrected chi connectivity index (χ1v) is 12.6. The molecule has 10 nitrogen and oxygen atoms in total. The van der Waals surface area contributed by atoms with Crippen molar-refractivity contribution in [1.82, 2.24) is 4.90 Å². The van der Waals surface area contributed by atoms with Gasteiger partial charge in [-0.15, -0.1) is 0 Å². The molecule has 0 amide bonds. The van der Waals surface area contributed by atoms with Crippen molar-refractivity contribution in [1.29, 1.82) is 5.41 Å². The molecule has 0 atom stereocenters. The van der Waals surface area contributed by atoms with Crippen LogP contribution in [0.25, 0.3) is 0 Å². The second-order valence-electron chi connectivity index (χ2n) is 10.3. The monoisotopic (exact) mass is 599 g/mol. The normalized spacial score (nSPS) is 12.7. The summed E-state index contributed by atoms with van der Waals surface area (Å²) in [5.74, 6) is -4.35. The Balaban J connectivity index is 0.000000782. The second-order valence-corrected chi connectivity index (χ2v) is 10.3. The van der Waals surface area contributed by atoms with Gasteiger partial charge in [0.25, 0.3) is 0 Å². The fraction of sp³-hybridized carbons (Fsp3) is 0.429. The average molecular weight is 600 g/mol. The van der Waals surface area contributed by atoms with Gasteiger partial charge in [0.15, 0.2) is 23.1 Å². The molecule has 0 fully saturated rings. The third-order valence-corrected chi connectivity index (χ3v) is 6.22.